The second kappa shape index (κ2) is 10.7. The van der Waals surface area contributed by atoms with E-state index in [1.54, 1.807) is 6.20 Å². The zero-order valence-electron chi connectivity index (χ0n) is 21.5. The van der Waals surface area contributed by atoms with Gasteiger partial charge >= 0.3 is 0 Å². The molecule has 1 aliphatic heterocycles. The van der Waals surface area contributed by atoms with E-state index in [0.29, 0.717) is 37.3 Å². The molecule has 38 heavy (non-hydrogen) atoms. The van der Waals surface area contributed by atoms with Crippen molar-refractivity contribution in [3.8, 4) is 0 Å². The normalized spacial score (nSPS) is 16.2. The third-order valence-electron chi connectivity index (χ3n) is 7.83. The highest BCUT2D eigenvalue weighted by molar-refractivity contribution is 6.07. The Balaban J connectivity index is 1.30. The van der Waals surface area contributed by atoms with Gasteiger partial charge in [-0.3, -0.25) is 9.59 Å². The zero-order chi connectivity index (χ0) is 25.9. The number of hydrogen-bond acceptors (Lipinski definition) is 4. The smallest absolute Gasteiger partial charge is 0.254 e. The molecule has 0 radical (unpaired) electrons. The summed E-state index contributed by atoms with van der Waals surface area (Å²) in [7, 11) is 0. The number of nitrogens with one attached hydrogen (secondary N) is 2. The van der Waals surface area contributed by atoms with Crippen LogP contribution in [0.3, 0.4) is 0 Å². The van der Waals surface area contributed by atoms with Crippen LogP contribution >= 0.6 is 0 Å². The number of nitrogens with zero attached hydrogens (tertiary/aromatic N) is 3. The molecule has 0 spiro atoms. The van der Waals surface area contributed by atoms with E-state index in [9.17, 15) is 9.59 Å². The average Bonchev–Trinajstić information content (AvgIpc) is 3.40. The molecule has 0 bridgehead atoms. The molecule has 1 fully saturated rings. The number of carbonyl (C=O) groups excluding carboxylic acids is 2. The van der Waals surface area contributed by atoms with Crippen LogP contribution in [0.5, 0.6) is 0 Å². The number of rotatable bonds is 5. The maximum Gasteiger partial charge on any atom is 0.254 e. The van der Waals surface area contributed by atoms with Crippen molar-refractivity contribution in [2.75, 3.05) is 18.0 Å². The summed E-state index contributed by atoms with van der Waals surface area (Å²) in [5.41, 5.74) is 3.38. The summed E-state index contributed by atoms with van der Waals surface area (Å²) in [4.78, 5) is 38.8. The van der Waals surface area contributed by atoms with Crippen molar-refractivity contribution in [2.24, 2.45) is 0 Å². The van der Waals surface area contributed by atoms with Crippen LogP contribution in [0.2, 0.25) is 0 Å². The molecule has 7 heteroatoms. The van der Waals surface area contributed by atoms with Crippen molar-refractivity contribution < 1.29 is 9.59 Å². The quantitative estimate of drug-likeness (QED) is 0.385. The first-order valence-corrected chi connectivity index (χ1v) is 13.6. The number of anilines is 1. The van der Waals surface area contributed by atoms with Gasteiger partial charge in [0, 0.05) is 54.9 Å². The van der Waals surface area contributed by atoms with E-state index in [-0.39, 0.29) is 17.9 Å². The molecule has 2 amide bonds. The van der Waals surface area contributed by atoms with Gasteiger partial charge in [0.05, 0.1) is 6.54 Å². The molecule has 3 aromatic carbocycles. The van der Waals surface area contributed by atoms with Crippen LogP contribution in [0.25, 0.3) is 10.8 Å². The summed E-state index contributed by atoms with van der Waals surface area (Å²) in [6, 6.07) is 20.1. The maximum atomic E-state index is 13.8. The molecule has 2 heterocycles. The van der Waals surface area contributed by atoms with Gasteiger partial charge in [-0.15, -0.1) is 0 Å². The Morgan fingerprint density at radius 1 is 0.974 bits per heavy atom. The summed E-state index contributed by atoms with van der Waals surface area (Å²) in [5.74, 6) is 0.846. The van der Waals surface area contributed by atoms with Crippen LogP contribution in [-0.2, 0) is 13.1 Å². The predicted octanol–water partition coefficient (Wildman–Crippen LogP) is 5.29. The summed E-state index contributed by atoms with van der Waals surface area (Å²) in [6.07, 6.45) is 9.26. The lowest BCUT2D eigenvalue weighted by atomic mass is 9.95. The van der Waals surface area contributed by atoms with Crippen LogP contribution in [-0.4, -0.2) is 45.8 Å². The zero-order valence-corrected chi connectivity index (χ0v) is 21.5. The van der Waals surface area contributed by atoms with E-state index in [2.05, 4.69) is 20.2 Å². The summed E-state index contributed by atoms with van der Waals surface area (Å²) in [6.45, 7) is 2.26. The average molecular weight is 508 g/mol. The SMILES string of the molecule is O=C(NC1CCCCC1)c1ccc2c(c1)N(Cc1ncc[nH]1)CCN(C(=O)c1cccc3ccccc13)C2. The van der Waals surface area contributed by atoms with Crippen LogP contribution in [0, 0.1) is 0 Å². The molecule has 1 saturated carbocycles. The van der Waals surface area contributed by atoms with E-state index in [0.717, 1.165) is 40.7 Å². The van der Waals surface area contributed by atoms with E-state index in [4.69, 9.17) is 0 Å². The van der Waals surface area contributed by atoms with E-state index >= 15 is 0 Å². The molecule has 7 nitrogen and oxygen atoms in total. The minimum absolute atomic E-state index is 0.0201. The first-order valence-electron chi connectivity index (χ1n) is 13.6. The van der Waals surface area contributed by atoms with Gasteiger partial charge in [-0.25, -0.2) is 4.98 Å². The number of imidazole rings is 1. The van der Waals surface area contributed by atoms with Crippen molar-refractivity contribution in [1.82, 2.24) is 20.2 Å². The molecular weight excluding hydrogens is 474 g/mol. The third kappa shape index (κ3) is 5.01. The number of hydrogen-bond donors (Lipinski definition) is 2. The van der Waals surface area contributed by atoms with Crippen LogP contribution in [0.4, 0.5) is 5.69 Å². The topological polar surface area (TPSA) is 81.3 Å². The van der Waals surface area contributed by atoms with Gasteiger partial charge in [-0.05, 0) is 47.4 Å². The Bertz CT molecular complexity index is 1440. The number of fused-ring (bicyclic) bond motifs is 2. The highest BCUT2D eigenvalue weighted by Crippen LogP contribution is 2.30. The second-order valence-corrected chi connectivity index (χ2v) is 10.4. The van der Waals surface area contributed by atoms with Gasteiger partial charge < -0.3 is 20.1 Å². The second-order valence-electron chi connectivity index (χ2n) is 10.4. The number of carbonyl (C=O) groups is 2. The van der Waals surface area contributed by atoms with Gasteiger partial charge in [-0.1, -0.05) is 61.7 Å². The Morgan fingerprint density at radius 2 is 1.82 bits per heavy atom. The maximum absolute atomic E-state index is 13.8. The van der Waals surface area contributed by atoms with Crippen LogP contribution < -0.4 is 10.2 Å². The van der Waals surface area contributed by atoms with Crippen molar-refractivity contribution in [3.05, 3.63) is 95.6 Å². The van der Waals surface area contributed by atoms with Crippen molar-refractivity contribution in [1.29, 1.82) is 0 Å². The number of aromatic amines is 1. The fourth-order valence-electron chi connectivity index (χ4n) is 5.78. The lowest BCUT2D eigenvalue weighted by Crippen LogP contribution is -2.36. The standard InChI is InChI=1S/C31H33N5O2/c37-30(34-25-9-2-1-3-10-25)23-13-14-24-20-36(18-17-35(28(24)19-23)21-29-32-15-16-33-29)31(38)27-12-6-8-22-7-4-5-11-26(22)27/h4-8,11-16,19,25H,1-3,9-10,17-18,20-21H2,(H,32,33)(H,34,37). The number of H-pyrrole nitrogens is 1. The molecule has 4 aromatic rings. The minimum atomic E-state index is -0.0226. The number of benzene rings is 3. The lowest BCUT2D eigenvalue weighted by molar-refractivity contribution is 0.0753. The molecule has 0 unspecified atom stereocenters. The molecule has 2 N–H and O–H groups in total. The molecule has 2 aliphatic rings. The van der Waals surface area contributed by atoms with Gasteiger partial charge in [0.1, 0.15) is 5.82 Å². The Morgan fingerprint density at radius 3 is 2.66 bits per heavy atom. The molecular formula is C31H33N5O2. The summed E-state index contributed by atoms with van der Waals surface area (Å²) < 4.78 is 0. The summed E-state index contributed by atoms with van der Waals surface area (Å²) in [5, 5.41) is 5.26. The molecule has 194 valence electrons. The highest BCUT2D eigenvalue weighted by atomic mass is 16.2. The first kappa shape index (κ1) is 24.2. The van der Waals surface area contributed by atoms with E-state index < -0.39 is 0 Å². The third-order valence-corrected chi connectivity index (χ3v) is 7.83. The molecule has 6 rings (SSSR count). The number of aromatic nitrogens is 2. The highest BCUT2D eigenvalue weighted by Gasteiger charge is 2.26. The lowest BCUT2D eigenvalue weighted by Gasteiger charge is -2.25. The predicted molar refractivity (Wildman–Crippen MR) is 149 cm³/mol. The monoisotopic (exact) mass is 507 g/mol. The van der Waals surface area contributed by atoms with Crippen LogP contribution in [0.15, 0.2) is 73.1 Å². The van der Waals surface area contributed by atoms with Gasteiger partial charge in [0.2, 0.25) is 0 Å². The molecule has 1 aromatic heterocycles. The molecule has 0 atom stereocenters. The van der Waals surface area contributed by atoms with Gasteiger partial charge in [0.15, 0.2) is 0 Å². The van der Waals surface area contributed by atoms with Gasteiger partial charge in [0.25, 0.3) is 11.8 Å². The molecule has 0 saturated heterocycles. The largest absolute Gasteiger partial charge is 0.362 e. The van der Waals surface area contributed by atoms with Crippen LogP contribution in [0.1, 0.15) is 64.2 Å². The van der Waals surface area contributed by atoms with Crippen molar-refractivity contribution in [2.45, 2.75) is 51.2 Å². The Labute approximate surface area is 222 Å². The van der Waals surface area contributed by atoms with Crippen molar-refractivity contribution >= 4 is 28.3 Å². The fraction of sp³-hybridized carbons (Fsp3) is 0.323. The van der Waals surface area contributed by atoms with E-state index in [1.165, 1.54) is 19.3 Å². The van der Waals surface area contributed by atoms with Gasteiger partial charge in [-0.2, -0.15) is 0 Å². The summed E-state index contributed by atoms with van der Waals surface area (Å²) >= 11 is 0. The Kier molecular flexibility index (Phi) is 6.82. The number of amides is 2. The Hall–Kier alpha value is -4.13. The van der Waals surface area contributed by atoms with E-state index in [1.807, 2.05) is 71.8 Å². The fourth-order valence-corrected chi connectivity index (χ4v) is 5.78. The van der Waals surface area contributed by atoms with Crippen molar-refractivity contribution in [3.63, 3.8) is 0 Å². The molecule has 1 aliphatic carbocycles. The minimum Gasteiger partial charge on any atom is -0.362 e. The first-order chi connectivity index (χ1) is 18.7.